The van der Waals surface area contributed by atoms with Crippen molar-refractivity contribution in [1.82, 2.24) is 25.1 Å². The summed E-state index contributed by atoms with van der Waals surface area (Å²) in [6.45, 7) is 5.73. The smallest absolute Gasteiger partial charge is 0.247 e. The second-order valence-electron chi connectivity index (χ2n) is 4.96. The summed E-state index contributed by atoms with van der Waals surface area (Å²) in [4.78, 5) is 13.3. The molecule has 0 spiro atoms. The Kier molecular flexibility index (Phi) is 3.77. The average molecular weight is 315 g/mol. The summed E-state index contributed by atoms with van der Waals surface area (Å²) in [7, 11) is 0. The molecule has 0 atom stereocenters. The van der Waals surface area contributed by atoms with Gasteiger partial charge in [-0.25, -0.2) is 9.97 Å². The molecule has 0 aliphatic rings. The maximum absolute atomic E-state index is 6.24. The van der Waals surface area contributed by atoms with Gasteiger partial charge in [0.05, 0.1) is 5.02 Å². The first-order valence-corrected chi connectivity index (χ1v) is 7.18. The first-order valence-electron chi connectivity index (χ1n) is 6.81. The second kappa shape index (κ2) is 5.73. The highest BCUT2D eigenvalue weighted by Gasteiger charge is 2.13. The highest BCUT2D eigenvalue weighted by atomic mass is 35.5. The number of hydrogen-bond acceptors (Lipinski definition) is 5. The minimum Gasteiger partial charge on any atom is -0.307 e. The summed E-state index contributed by atoms with van der Waals surface area (Å²) in [5, 5.41) is 10.6. The number of nitrogens with zero attached hydrogens (tertiary/aromatic N) is 4. The number of hydrogen-bond donors (Lipinski definition) is 2. The van der Waals surface area contributed by atoms with Crippen LogP contribution < -0.4 is 5.32 Å². The van der Waals surface area contributed by atoms with Gasteiger partial charge in [0.15, 0.2) is 5.82 Å². The Morgan fingerprint density at radius 3 is 2.50 bits per heavy atom. The Morgan fingerprint density at radius 1 is 1.05 bits per heavy atom. The summed E-state index contributed by atoms with van der Waals surface area (Å²) in [5.74, 6) is 2.45. The van der Waals surface area contributed by atoms with Crippen LogP contribution in [0.15, 0.2) is 24.3 Å². The van der Waals surface area contributed by atoms with Crippen LogP contribution in [0.3, 0.4) is 0 Å². The lowest BCUT2D eigenvalue weighted by atomic mass is 10.2. The lowest BCUT2D eigenvalue weighted by Gasteiger charge is -2.11. The van der Waals surface area contributed by atoms with E-state index in [1.807, 2.05) is 45.0 Å². The van der Waals surface area contributed by atoms with Gasteiger partial charge >= 0.3 is 0 Å². The van der Waals surface area contributed by atoms with Crippen LogP contribution in [0.2, 0.25) is 5.02 Å². The van der Waals surface area contributed by atoms with Crippen molar-refractivity contribution in [1.29, 1.82) is 0 Å². The lowest BCUT2D eigenvalue weighted by molar-refractivity contribution is 1.03. The molecule has 0 fully saturated rings. The fourth-order valence-electron chi connectivity index (χ4n) is 2.02. The largest absolute Gasteiger partial charge is 0.307 e. The van der Waals surface area contributed by atoms with Crippen LogP contribution in [-0.4, -0.2) is 25.1 Å². The summed E-state index contributed by atoms with van der Waals surface area (Å²) in [5.41, 5.74) is 2.61. The van der Waals surface area contributed by atoms with Crippen LogP contribution in [0.4, 0.5) is 11.8 Å². The van der Waals surface area contributed by atoms with E-state index in [1.54, 1.807) is 0 Å². The highest BCUT2D eigenvalue weighted by Crippen LogP contribution is 2.28. The number of H-pyrrole nitrogens is 1. The average Bonchev–Trinajstić information content (AvgIpc) is 2.89. The molecule has 2 N–H and O–H groups in total. The highest BCUT2D eigenvalue weighted by molar-refractivity contribution is 6.33. The van der Waals surface area contributed by atoms with Gasteiger partial charge in [-0.1, -0.05) is 23.7 Å². The van der Waals surface area contributed by atoms with Crippen molar-refractivity contribution in [2.45, 2.75) is 20.8 Å². The number of aromatic amines is 1. The molecule has 3 rings (SSSR count). The molecule has 7 heteroatoms. The van der Waals surface area contributed by atoms with Crippen LogP contribution in [0, 0.1) is 20.8 Å². The van der Waals surface area contributed by atoms with Crippen LogP contribution >= 0.6 is 11.6 Å². The normalized spacial score (nSPS) is 10.7. The van der Waals surface area contributed by atoms with E-state index in [0.29, 0.717) is 22.6 Å². The maximum atomic E-state index is 6.24. The third kappa shape index (κ3) is 2.78. The maximum Gasteiger partial charge on any atom is 0.247 e. The van der Waals surface area contributed by atoms with Gasteiger partial charge < -0.3 is 5.32 Å². The standard InChI is InChI=1S/C15H15ClN6/c1-8-9(2)17-14(11-6-4-5-7-12(11)16)19-13(8)20-15-18-10(3)21-22-15/h4-7H,1-3H3,(H2,17,18,19,20,21,22). The summed E-state index contributed by atoms with van der Waals surface area (Å²) < 4.78 is 0. The molecule has 22 heavy (non-hydrogen) atoms. The molecule has 0 amide bonds. The van der Waals surface area contributed by atoms with Gasteiger partial charge in [0.25, 0.3) is 0 Å². The minimum atomic E-state index is 0.476. The molecule has 0 bridgehead atoms. The zero-order valence-electron chi connectivity index (χ0n) is 12.5. The molecule has 0 saturated carbocycles. The summed E-state index contributed by atoms with van der Waals surface area (Å²) >= 11 is 6.24. The molecular weight excluding hydrogens is 300 g/mol. The number of rotatable bonds is 3. The minimum absolute atomic E-state index is 0.476. The van der Waals surface area contributed by atoms with Crippen molar-refractivity contribution < 1.29 is 0 Å². The van der Waals surface area contributed by atoms with E-state index < -0.39 is 0 Å². The molecular formula is C15H15ClN6. The van der Waals surface area contributed by atoms with Crippen LogP contribution in [0.5, 0.6) is 0 Å². The third-order valence-corrected chi connectivity index (χ3v) is 3.66. The van der Waals surface area contributed by atoms with E-state index in [9.17, 15) is 0 Å². The van der Waals surface area contributed by atoms with E-state index in [4.69, 9.17) is 11.6 Å². The number of halogens is 1. The number of benzene rings is 1. The molecule has 2 heterocycles. The van der Waals surface area contributed by atoms with E-state index in [0.717, 1.165) is 22.6 Å². The summed E-state index contributed by atoms with van der Waals surface area (Å²) in [6, 6.07) is 7.50. The number of nitrogens with one attached hydrogen (secondary N) is 2. The predicted octanol–water partition coefficient (Wildman–Crippen LogP) is 3.58. The second-order valence-corrected chi connectivity index (χ2v) is 5.36. The molecule has 0 aliphatic carbocycles. The van der Waals surface area contributed by atoms with Gasteiger partial charge in [0.1, 0.15) is 11.6 Å². The Balaban J connectivity index is 2.05. The first-order chi connectivity index (χ1) is 10.5. The third-order valence-electron chi connectivity index (χ3n) is 3.33. The first kappa shape index (κ1) is 14.5. The van der Waals surface area contributed by atoms with Crippen LogP contribution in [-0.2, 0) is 0 Å². The Labute approximate surface area is 133 Å². The van der Waals surface area contributed by atoms with Crippen molar-refractivity contribution >= 4 is 23.4 Å². The van der Waals surface area contributed by atoms with Crippen molar-refractivity contribution in [3.63, 3.8) is 0 Å². The molecule has 3 aromatic rings. The SMILES string of the molecule is Cc1nc(Nc2nc(-c3ccccc3Cl)nc(C)c2C)n[nH]1. The van der Waals surface area contributed by atoms with Crippen LogP contribution in [0.25, 0.3) is 11.4 Å². The molecule has 1 aromatic carbocycles. The van der Waals surface area contributed by atoms with E-state index in [-0.39, 0.29) is 0 Å². The van der Waals surface area contributed by atoms with Gasteiger partial charge in [-0.3, -0.25) is 5.10 Å². The van der Waals surface area contributed by atoms with Crippen molar-refractivity contribution in [2.75, 3.05) is 5.32 Å². The fraction of sp³-hybridized carbons (Fsp3) is 0.200. The van der Waals surface area contributed by atoms with Crippen molar-refractivity contribution in [3.05, 3.63) is 46.4 Å². The summed E-state index contributed by atoms with van der Waals surface area (Å²) in [6.07, 6.45) is 0. The lowest BCUT2D eigenvalue weighted by Crippen LogP contribution is -2.04. The monoisotopic (exact) mass is 314 g/mol. The van der Waals surface area contributed by atoms with Gasteiger partial charge in [-0.15, -0.1) is 5.10 Å². The Morgan fingerprint density at radius 2 is 1.82 bits per heavy atom. The quantitative estimate of drug-likeness (QED) is 0.772. The van der Waals surface area contributed by atoms with E-state index >= 15 is 0 Å². The van der Waals surface area contributed by atoms with Gasteiger partial charge in [0, 0.05) is 16.8 Å². The molecule has 0 aliphatic heterocycles. The zero-order chi connectivity index (χ0) is 15.7. The van der Waals surface area contributed by atoms with Crippen LogP contribution in [0.1, 0.15) is 17.1 Å². The van der Waals surface area contributed by atoms with Gasteiger partial charge in [0.2, 0.25) is 5.95 Å². The Bertz CT molecular complexity index is 827. The van der Waals surface area contributed by atoms with E-state index in [1.165, 1.54) is 0 Å². The number of aromatic nitrogens is 5. The van der Waals surface area contributed by atoms with E-state index in [2.05, 4.69) is 30.5 Å². The number of aryl methyl sites for hydroxylation is 2. The van der Waals surface area contributed by atoms with Gasteiger partial charge in [-0.2, -0.15) is 4.98 Å². The molecule has 0 unspecified atom stereocenters. The molecule has 112 valence electrons. The Hall–Kier alpha value is -2.47. The van der Waals surface area contributed by atoms with Crippen molar-refractivity contribution in [3.8, 4) is 11.4 Å². The molecule has 6 nitrogen and oxygen atoms in total. The predicted molar refractivity (Wildman–Crippen MR) is 86.4 cm³/mol. The fourth-order valence-corrected chi connectivity index (χ4v) is 2.24. The van der Waals surface area contributed by atoms with Gasteiger partial charge in [-0.05, 0) is 32.9 Å². The molecule has 0 radical (unpaired) electrons. The topological polar surface area (TPSA) is 79.4 Å². The zero-order valence-corrected chi connectivity index (χ0v) is 13.2. The molecule has 2 aromatic heterocycles. The van der Waals surface area contributed by atoms with Crippen molar-refractivity contribution in [2.24, 2.45) is 0 Å². The molecule has 0 saturated heterocycles. The number of anilines is 2.